The standard InChI is InChI=1S/C20H30N2O5/c1-13(2)12-21(16-5-7-17(23)8-6-16)18-9-4-15(11-19(18)22(26)27)14(3)10-20(24)25/h4,9,11,13-14,16-17,23H,5-8,10,12H2,1-3H3,(H,24,25)/t14-,16?,17?/m1/s1. The Balaban J connectivity index is 2.38. The van der Waals surface area contributed by atoms with Gasteiger partial charge in [-0.3, -0.25) is 14.9 Å². The van der Waals surface area contributed by atoms with Crippen LogP contribution in [0, 0.1) is 16.0 Å². The zero-order valence-corrected chi connectivity index (χ0v) is 16.3. The number of nitrogens with zero attached hydrogens (tertiary/aromatic N) is 2. The van der Waals surface area contributed by atoms with Crippen molar-refractivity contribution in [3.8, 4) is 0 Å². The van der Waals surface area contributed by atoms with E-state index in [-0.39, 0.29) is 35.1 Å². The van der Waals surface area contributed by atoms with E-state index in [1.54, 1.807) is 19.1 Å². The lowest BCUT2D eigenvalue weighted by atomic mass is 9.90. The molecule has 0 spiro atoms. The van der Waals surface area contributed by atoms with Crippen molar-refractivity contribution in [1.29, 1.82) is 0 Å². The Labute approximate surface area is 160 Å². The fraction of sp³-hybridized carbons (Fsp3) is 0.650. The van der Waals surface area contributed by atoms with Gasteiger partial charge in [-0.2, -0.15) is 0 Å². The predicted octanol–water partition coefficient (Wildman–Crippen LogP) is 3.94. The summed E-state index contributed by atoms with van der Waals surface area (Å²) in [5.74, 6) is -0.878. The van der Waals surface area contributed by atoms with Crippen LogP contribution in [0.15, 0.2) is 18.2 Å². The van der Waals surface area contributed by atoms with E-state index in [1.165, 1.54) is 6.07 Å². The molecule has 1 aromatic carbocycles. The maximum Gasteiger partial charge on any atom is 0.303 e. The summed E-state index contributed by atoms with van der Waals surface area (Å²) < 4.78 is 0. The fourth-order valence-electron chi connectivity index (χ4n) is 3.82. The minimum atomic E-state index is -0.920. The van der Waals surface area contributed by atoms with Crippen LogP contribution in [0.1, 0.15) is 64.4 Å². The van der Waals surface area contributed by atoms with Gasteiger partial charge in [-0.05, 0) is 49.1 Å². The highest BCUT2D eigenvalue weighted by Crippen LogP contribution is 2.36. The molecule has 1 saturated carbocycles. The van der Waals surface area contributed by atoms with E-state index >= 15 is 0 Å². The molecular weight excluding hydrogens is 348 g/mol. The van der Waals surface area contributed by atoms with Gasteiger partial charge >= 0.3 is 5.97 Å². The number of hydrogen-bond donors (Lipinski definition) is 2. The molecule has 0 bridgehead atoms. The largest absolute Gasteiger partial charge is 0.481 e. The summed E-state index contributed by atoms with van der Waals surface area (Å²) in [5.41, 5.74) is 1.27. The summed E-state index contributed by atoms with van der Waals surface area (Å²) in [6.45, 7) is 6.63. The topological polar surface area (TPSA) is 104 Å². The van der Waals surface area contributed by atoms with Gasteiger partial charge in [0.05, 0.1) is 17.4 Å². The van der Waals surface area contributed by atoms with E-state index in [4.69, 9.17) is 5.11 Å². The molecule has 0 aliphatic heterocycles. The summed E-state index contributed by atoms with van der Waals surface area (Å²) in [6, 6.07) is 5.26. The van der Waals surface area contributed by atoms with Crippen molar-refractivity contribution in [1.82, 2.24) is 0 Å². The van der Waals surface area contributed by atoms with Crippen molar-refractivity contribution in [2.75, 3.05) is 11.4 Å². The molecule has 0 aromatic heterocycles. The second kappa shape index (κ2) is 9.17. The normalized spacial score (nSPS) is 21.1. The van der Waals surface area contributed by atoms with Crippen molar-refractivity contribution in [2.24, 2.45) is 5.92 Å². The Hall–Kier alpha value is -2.15. The third-order valence-electron chi connectivity index (χ3n) is 5.22. The lowest BCUT2D eigenvalue weighted by molar-refractivity contribution is -0.384. The van der Waals surface area contributed by atoms with Crippen molar-refractivity contribution in [3.63, 3.8) is 0 Å². The van der Waals surface area contributed by atoms with Gasteiger partial charge in [-0.15, -0.1) is 0 Å². The van der Waals surface area contributed by atoms with Crippen LogP contribution >= 0.6 is 0 Å². The van der Waals surface area contributed by atoms with Gasteiger partial charge in [0, 0.05) is 18.7 Å². The molecule has 1 fully saturated rings. The van der Waals surface area contributed by atoms with Gasteiger partial charge in [0.1, 0.15) is 5.69 Å². The molecule has 7 heteroatoms. The second-order valence-electron chi connectivity index (χ2n) is 8.01. The average molecular weight is 378 g/mol. The number of aliphatic carboxylic acids is 1. The summed E-state index contributed by atoms with van der Waals surface area (Å²) in [6.07, 6.45) is 2.69. The number of carbonyl (C=O) groups is 1. The first-order chi connectivity index (χ1) is 12.7. The van der Waals surface area contributed by atoms with Crippen LogP contribution in [0.2, 0.25) is 0 Å². The number of nitro benzene ring substituents is 1. The number of anilines is 1. The van der Waals surface area contributed by atoms with Crippen LogP contribution in [0.3, 0.4) is 0 Å². The maximum absolute atomic E-state index is 11.8. The van der Waals surface area contributed by atoms with Gasteiger partial charge in [0.2, 0.25) is 0 Å². The predicted molar refractivity (Wildman–Crippen MR) is 104 cm³/mol. The van der Waals surface area contributed by atoms with E-state index in [1.807, 2.05) is 0 Å². The summed E-state index contributed by atoms with van der Waals surface area (Å²) in [4.78, 5) is 24.5. The molecule has 0 heterocycles. The van der Waals surface area contributed by atoms with Crippen molar-refractivity contribution in [3.05, 3.63) is 33.9 Å². The monoisotopic (exact) mass is 378 g/mol. The molecule has 150 valence electrons. The summed E-state index contributed by atoms with van der Waals surface area (Å²) in [5, 5.41) is 30.6. The molecule has 0 amide bonds. The molecule has 2 N–H and O–H groups in total. The summed E-state index contributed by atoms with van der Waals surface area (Å²) in [7, 11) is 0. The number of aliphatic hydroxyl groups is 1. The highest BCUT2D eigenvalue weighted by molar-refractivity contribution is 5.69. The zero-order valence-electron chi connectivity index (χ0n) is 16.3. The average Bonchev–Trinajstić information content (AvgIpc) is 2.59. The molecule has 27 heavy (non-hydrogen) atoms. The van der Waals surface area contributed by atoms with E-state index in [0.29, 0.717) is 36.6 Å². The Morgan fingerprint density at radius 3 is 2.41 bits per heavy atom. The molecule has 1 atom stereocenters. The minimum Gasteiger partial charge on any atom is -0.481 e. The zero-order chi connectivity index (χ0) is 20.1. The van der Waals surface area contributed by atoms with Crippen LogP contribution in [-0.4, -0.2) is 39.8 Å². The Morgan fingerprint density at radius 2 is 1.89 bits per heavy atom. The van der Waals surface area contributed by atoms with Crippen LogP contribution in [0.5, 0.6) is 0 Å². The fourth-order valence-corrected chi connectivity index (χ4v) is 3.82. The molecule has 1 aromatic rings. The number of benzene rings is 1. The Morgan fingerprint density at radius 1 is 1.26 bits per heavy atom. The highest BCUT2D eigenvalue weighted by Gasteiger charge is 2.30. The smallest absolute Gasteiger partial charge is 0.303 e. The van der Waals surface area contributed by atoms with Crippen LogP contribution in [0.4, 0.5) is 11.4 Å². The lowest BCUT2D eigenvalue weighted by Crippen LogP contribution is -2.41. The van der Waals surface area contributed by atoms with Gasteiger partial charge in [-0.1, -0.05) is 26.8 Å². The van der Waals surface area contributed by atoms with E-state index in [2.05, 4.69) is 18.7 Å². The van der Waals surface area contributed by atoms with Gasteiger partial charge in [0.15, 0.2) is 0 Å². The number of carboxylic acids is 1. The third-order valence-corrected chi connectivity index (χ3v) is 5.22. The van der Waals surface area contributed by atoms with E-state index in [0.717, 1.165) is 12.8 Å². The van der Waals surface area contributed by atoms with Crippen molar-refractivity contribution < 1.29 is 19.9 Å². The maximum atomic E-state index is 11.8. The first kappa shape index (κ1) is 21.2. The number of rotatable bonds is 8. The number of hydrogen-bond acceptors (Lipinski definition) is 5. The number of carboxylic acid groups (broad SMARTS) is 1. The number of aliphatic hydroxyl groups excluding tert-OH is 1. The Kier molecular flexibility index (Phi) is 7.18. The summed E-state index contributed by atoms with van der Waals surface area (Å²) >= 11 is 0. The second-order valence-corrected chi connectivity index (χ2v) is 8.01. The minimum absolute atomic E-state index is 0.0245. The first-order valence-electron chi connectivity index (χ1n) is 9.63. The molecule has 0 radical (unpaired) electrons. The Bertz CT molecular complexity index is 668. The third kappa shape index (κ3) is 5.66. The van der Waals surface area contributed by atoms with Gasteiger partial charge < -0.3 is 15.1 Å². The van der Waals surface area contributed by atoms with Crippen molar-refractivity contribution in [2.45, 2.75) is 70.9 Å². The molecule has 7 nitrogen and oxygen atoms in total. The SMILES string of the molecule is CC(C)CN(c1ccc([C@H](C)CC(=O)O)cc1[N+](=O)[O-])C1CCC(O)CC1. The highest BCUT2D eigenvalue weighted by atomic mass is 16.6. The molecule has 2 rings (SSSR count). The molecule has 1 aliphatic carbocycles. The van der Waals surface area contributed by atoms with Crippen LogP contribution in [0.25, 0.3) is 0 Å². The van der Waals surface area contributed by atoms with E-state index < -0.39 is 5.97 Å². The van der Waals surface area contributed by atoms with Gasteiger partial charge in [0.25, 0.3) is 5.69 Å². The van der Waals surface area contributed by atoms with Crippen molar-refractivity contribution >= 4 is 17.3 Å². The molecule has 0 unspecified atom stereocenters. The van der Waals surface area contributed by atoms with Crippen LogP contribution < -0.4 is 4.90 Å². The van der Waals surface area contributed by atoms with Gasteiger partial charge in [-0.25, -0.2) is 0 Å². The first-order valence-corrected chi connectivity index (χ1v) is 9.63. The van der Waals surface area contributed by atoms with E-state index in [9.17, 15) is 20.0 Å². The molecular formula is C20H30N2O5. The molecule has 0 saturated heterocycles. The van der Waals surface area contributed by atoms with Crippen LogP contribution in [-0.2, 0) is 4.79 Å². The quantitative estimate of drug-likeness (QED) is 0.524. The molecule has 1 aliphatic rings. The lowest BCUT2D eigenvalue weighted by Gasteiger charge is -2.38. The number of nitro groups is 1.